The number of carbonyl (C=O) groups excluding carboxylic acids is 1. The zero-order valence-corrected chi connectivity index (χ0v) is 11.6. The Balaban J connectivity index is 2.08. The van der Waals surface area contributed by atoms with Crippen molar-refractivity contribution in [2.24, 2.45) is 0 Å². The highest BCUT2D eigenvalue weighted by molar-refractivity contribution is 5.89. The number of nitrogens with zero attached hydrogens (tertiary/aromatic N) is 4. The van der Waals surface area contributed by atoms with Gasteiger partial charge >= 0.3 is 12.0 Å². The van der Waals surface area contributed by atoms with Crippen LogP contribution in [0.5, 0.6) is 0 Å². The van der Waals surface area contributed by atoms with E-state index >= 15 is 0 Å². The molecule has 1 aromatic carbocycles. The van der Waals surface area contributed by atoms with Crippen molar-refractivity contribution in [2.45, 2.75) is 13.3 Å². The van der Waals surface area contributed by atoms with Crippen LogP contribution in [0.1, 0.15) is 12.2 Å². The number of aliphatic carboxylic acids is 1. The van der Waals surface area contributed by atoms with Gasteiger partial charge in [0.05, 0.1) is 6.42 Å². The summed E-state index contributed by atoms with van der Waals surface area (Å²) in [7, 11) is 0. The van der Waals surface area contributed by atoms with Crippen molar-refractivity contribution in [3.63, 3.8) is 0 Å². The SMILES string of the molecule is Cc1nnnn1-c1cc(NC(=O)NCCC(=O)O)ccc1F. The minimum absolute atomic E-state index is 0.0126. The van der Waals surface area contributed by atoms with Crippen LogP contribution in [-0.2, 0) is 4.79 Å². The third-order valence-electron chi connectivity index (χ3n) is 2.68. The van der Waals surface area contributed by atoms with Gasteiger partial charge in [0.2, 0.25) is 0 Å². The number of carboxylic acids is 1. The first-order valence-corrected chi connectivity index (χ1v) is 6.29. The summed E-state index contributed by atoms with van der Waals surface area (Å²) in [4.78, 5) is 21.9. The summed E-state index contributed by atoms with van der Waals surface area (Å²) in [6.45, 7) is 1.60. The smallest absolute Gasteiger partial charge is 0.319 e. The number of hydrogen-bond donors (Lipinski definition) is 3. The number of urea groups is 1. The second-order valence-electron chi connectivity index (χ2n) is 4.33. The highest BCUT2D eigenvalue weighted by Crippen LogP contribution is 2.18. The number of carboxylic acid groups (broad SMARTS) is 1. The van der Waals surface area contributed by atoms with E-state index in [0.29, 0.717) is 11.5 Å². The van der Waals surface area contributed by atoms with Gasteiger partial charge < -0.3 is 15.7 Å². The average Bonchev–Trinajstić information content (AvgIpc) is 2.86. The Morgan fingerprint density at radius 1 is 1.41 bits per heavy atom. The molecule has 0 aliphatic carbocycles. The number of nitrogens with one attached hydrogen (secondary N) is 2. The van der Waals surface area contributed by atoms with Gasteiger partial charge in [-0.15, -0.1) is 5.10 Å². The quantitative estimate of drug-likeness (QED) is 0.747. The lowest BCUT2D eigenvalue weighted by molar-refractivity contribution is -0.136. The lowest BCUT2D eigenvalue weighted by atomic mass is 10.2. The molecule has 1 aromatic heterocycles. The molecule has 0 saturated carbocycles. The average molecular weight is 308 g/mol. The monoisotopic (exact) mass is 308 g/mol. The fraction of sp³-hybridized carbons (Fsp3) is 0.250. The van der Waals surface area contributed by atoms with Crippen molar-refractivity contribution in [1.82, 2.24) is 25.5 Å². The fourth-order valence-electron chi connectivity index (χ4n) is 1.67. The number of tetrazole rings is 1. The van der Waals surface area contributed by atoms with Gasteiger partial charge in [-0.3, -0.25) is 4.79 Å². The molecule has 2 amide bonds. The molecule has 0 bridgehead atoms. The van der Waals surface area contributed by atoms with Crippen LogP contribution in [0.3, 0.4) is 0 Å². The van der Waals surface area contributed by atoms with Crippen LogP contribution in [0.15, 0.2) is 18.2 Å². The number of amides is 2. The molecule has 0 atom stereocenters. The van der Waals surface area contributed by atoms with Crippen LogP contribution in [0.2, 0.25) is 0 Å². The number of aromatic nitrogens is 4. The summed E-state index contributed by atoms with van der Waals surface area (Å²) in [6.07, 6.45) is -0.189. The number of halogens is 1. The van der Waals surface area contributed by atoms with E-state index in [1.54, 1.807) is 6.92 Å². The van der Waals surface area contributed by atoms with Crippen LogP contribution in [0, 0.1) is 12.7 Å². The molecular formula is C12H13FN6O3. The van der Waals surface area contributed by atoms with Gasteiger partial charge in [0.15, 0.2) is 5.82 Å². The summed E-state index contributed by atoms with van der Waals surface area (Å²) in [5, 5.41) is 24.1. The van der Waals surface area contributed by atoms with Crippen LogP contribution >= 0.6 is 0 Å². The Hall–Kier alpha value is -3.04. The minimum Gasteiger partial charge on any atom is -0.481 e. The van der Waals surface area contributed by atoms with Gasteiger partial charge in [0.25, 0.3) is 0 Å². The predicted octanol–water partition coefficient (Wildman–Crippen LogP) is 0.706. The van der Waals surface area contributed by atoms with Crippen LogP contribution in [-0.4, -0.2) is 43.9 Å². The van der Waals surface area contributed by atoms with E-state index in [0.717, 1.165) is 0 Å². The van der Waals surface area contributed by atoms with Crippen molar-refractivity contribution in [1.29, 1.82) is 0 Å². The number of hydrogen-bond acceptors (Lipinski definition) is 5. The third kappa shape index (κ3) is 3.75. The van der Waals surface area contributed by atoms with E-state index in [2.05, 4.69) is 26.2 Å². The fourth-order valence-corrected chi connectivity index (χ4v) is 1.67. The molecule has 0 saturated heterocycles. The lowest BCUT2D eigenvalue weighted by Crippen LogP contribution is -2.30. The number of benzene rings is 1. The molecular weight excluding hydrogens is 295 g/mol. The summed E-state index contributed by atoms with van der Waals surface area (Å²) in [6, 6.07) is 3.32. The molecule has 0 aliphatic heterocycles. The molecule has 0 unspecified atom stereocenters. The zero-order chi connectivity index (χ0) is 16.1. The van der Waals surface area contributed by atoms with Gasteiger partial charge in [-0.1, -0.05) is 0 Å². The molecule has 9 nitrogen and oxygen atoms in total. The molecule has 2 rings (SSSR count). The van der Waals surface area contributed by atoms with Crippen LogP contribution < -0.4 is 10.6 Å². The van der Waals surface area contributed by atoms with E-state index in [-0.39, 0.29) is 18.7 Å². The lowest BCUT2D eigenvalue weighted by Gasteiger charge is -2.09. The third-order valence-corrected chi connectivity index (χ3v) is 2.68. The van der Waals surface area contributed by atoms with E-state index < -0.39 is 17.8 Å². The van der Waals surface area contributed by atoms with Gasteiger partial charge in [-0.05, 0) is 35.5 Å². The Morgan fingerprint density at radius 2 is 2.18 bits per heavy atom. The molecule has 22 heavy (non-hydrogen) atoms. The molecule has 0 radical (unpaired) electrons. The van der Waals surface area contributed by atoms with Crippen molar-refractivity contribution in [3.05, 3.63) is 29.8 Å². The highest BCUT2D eigenvalue weighted by Gasteiger charge is 2.11. The van der Waals surface area contributed by atoms with Gasteiger partial charge in [0, 0.05) is 12.2 Å². The molecule has 2 aromatic rings. The van der Waals surface area contributed by atoms with E-state index in [9.17, 15) is 14.0 Å². The first-order chi connectivity index (χ1) is 10.5. The second kappa shape index (κ2) is 6.61. The summed E-state index contributed by atoms with van der Waals surface area (Å²) in [5.41, 5.74) is 0.407. The minimum atomic E-state index is -1.02. The molecule has 0 fully saturated rings. The molecule has 116 valence electrons. The zero-order valence-electron chi connectivity index (χ0n) is 11.6. The molecule has 0 spiro atoms. The first-order valence-electron chi connectivity index (χ1n) is 6.29. The summed E-state index contributed by atoms with van der Waals surface area (Å²) < 4.78 is 15.0. The molecule has 10 heteroatoms. The molecule has 1 heterocycles. The van der Waals surface area contributed by atoms with Crippen LogP contribution in [0.4, 0.5) is 14.9 Å². The largest absolute Gasteiger partial charge is 0.481 e. The Bertz CT molecular complexity index is 702. The highest BCUT2D eigenvalue weighted by atomic mass is 19.1. The van der Waals surface area contributed by atoms with E-state index in [1.165, 1.54) is 22.9 Å². The standard InChI is InChI=1S/C12H13FN6O3/c1-7-16-17-18-19(7)10-6-8(2-3-9(10)13)15-12(22)14-5-4-11(20)21/h2-3,6H,4-5H2,1H3,(H,20,21)(H2,14,15,22). The molecule has 3 N–H and O–H groups in total. The number of carbonyl (C=O) groups is 2. The Kier molecular flexibility index (Phi) is 4.61. The molecule has 0 aliphatic rings. The van der Waals surface area contributed by atoms with Gasteiger partial charge in [-0.25, -0.2) is 9.18 Å². The first kappa shape index (κ1) is 15.4. The van der Waals surface area contributed by atoms with Crippen molar-refractivity contribution in [2.75, 3.05) is 11.9 Å². The van der Waals surface area contributed by atoms with Crippen molar-refractivity contribution < 1.29 is 19.1 Å². The van der Waals surface area contributed by atoms with Gasteiger partial charge in [0.1, 0.15) is 11.5 Å². The van der Waals surface area contributed by atoms with Crippen LogP contribution in [0.25, 0.3) is 5.69 Å². The Morgan fingerprint density at radius 3 is 2.82 bits per heavy atom. The summed E-state index contributed by atoms with van der Waals surface area (Å²) >= 11 is 0. The maximum atomic E-state index is 13.8. The second-order valence-corrected chi connectivity index (χ2v) is 4.33. The van der Waals surface area contributed by atoms with Crippen molar-refractivity contribution >= 4 is 17.7 Å². The normalized spacial score (nSPS) is 10.3. The predicted molar refractivity (Wildman–Crippen MR) is 73.1 cm³/mol. The van der Waals surface area contributed by atoms with Gasteiger partial charge in [-0.2, -0.15) is 4.68 Å². The summed E-state index contributed by atoms with van der Waals surface area (Å²) in [5.74, 6) is -1.17. The topological polar surface area (TPSA) is 122 Å². The Labute approximate surface area is 124 Å². The number of aryl methyl sites for hydroxylation is 1. The van der Waals surface area contributed by atoms with E-state index in [1.807, 2.05) is 0 Å². The van der Waals surface area contributed by atoms with E-state index in [4.69, 9.17) is 5.11 Å². The van der Waals surface area contributed by atoms with Crippen molar-refractivity contribution in [3.8, 4) is 5.69 Å². The maximum absolute atomic E-state index is 13.8. The number of rotatable bonds is 5. The number of anilines is 1. The maximum Gasteiger partial charge on any atom is 0.319 e.